The Morgan fingerprint density at radius 2 is 2.12 bits per heavy atom. The predicted octanol–water partition coefficient (Wildman–Crippen LogP) is 0.864. The Bertz CT molecular complexity index is 421. The van der Waals surface area contributed by atoms with Crippen molar-refractivity contribution < 1.29 is 0 Å². The average Bonchev–Trinajstić information content (AvgIpc) is 2.73. The minimum absolute atomic E-state index is 0.588. The van der Waals surface area contributed by atoms with Crippen LogP contribution in [0.5, 0.6) is 0 Å². The number of H-pyrrole nitrogens is 1. The van der Waals surface area contributed by atoms with Crippen LogP contribution >= 0.6 is 12.2 Å². The van der Waals surface area contributed by atoms with Crippen LogP contribution in [-0.2, 0) is 7.05 Å². The zero-order valence-electron chi connectivity index (χ0n) is 10.3. The minimum atomic E-state index is 0.588. The third-order valence-corrected chi connectivity index (χ3v) is 3.74. The van der Waals surface area contributed by atoms with E-state index < -0.39 is 0 Å². The molecule has 90 valence electrons. The van der Waals surface area contributed by atoms with Gasteiger partial charge in [-0.15, -0.1) is 5.10 Å². The summed E-state index contributed by atoms with van der Waals surface area (Å²) in [6.45, 7) is 4.34. The van der Waals surface area contributed by atoms with Gasteiger partial charge in [0.25, 0.3) is 0 Å². The Morgan fingerprint density at radius 1 is 1.44 bits per heavy atom. The van der Waals surface area contributed by atoms with E-state index in [4.69, 9.17) is 12.2 Å². The van der Waals surface area contributed by atoms with E-state index in [-0.39, 0.29) is 0 Å². The van der Waals surface area contributed by atoms with Gasteiger partial charge >= 0.3 is 0 Å². The lowest BCUT2D eigenvalue weighted by Crippen LogP contribution is -2.34. The van der Waals surface area contributed by atoms with Crippen molar-refractivity contribution in [1.82, 2.24) is 19.7 Å². The number of hydrogen-bond acceptors (Lipinski definition) is 4. The highest BCUT2D eigenvalue weighted by atomic mass is 32.1. The molecule has 0 aliphatic carbocycles. The first-order valence-electron chi connectivity index (χ1n) is 5.53. The topological polar surface area (TPSA) is 40.1 Å². The molecule has 1 saturated heterocycles. The fourth-order valence-corrected chi connectivity index (χ4v) is 2.53. The molecule has 2 unspecified atom stereocenters. The van der Waals surface area contributed by atoms with Crippen molar-refractivity contribution in [2.45, 2.75) is 13.0 Å². The van der Waals surface area contributed by atoms with Crippen LogP contribution in [0.2, 0.25) is 0 Å². The second-order valence-corrected chi connectivity index (χ2v) is 5.19. The van der Waals surface area contributed by atoms with Crippen LogP contribution in [0.25, 0.3) is 0 Å². The molecule has 1 fully saturated rings. The molecule has 1 aromatic rings. The molecule has 0 radical (unpaired) electrons. The molecule has 1 aliphatic rings. The van der Waals surface area contributed by atoms with Crippen molar-refractivity contribution in [3.63, 3.8) is 0 Å². The van der Waals surface area contributed by atoms with E-state index in [2.05, 4.69) is 41.0 Å². The van der Waals surface area contributed by atoms with Gasteiger partial charge in [-0.1, -0.05) is 6.92 Å². The van der Waals surface area contributed by atoms with Crippen LogP contribution in [0.15, 0.2) is 0 Å². The molecular formula is C10H19N5S. The first-order valence-corrected chi connectivity index (χ1v) is 5.94. The molecule has 0 amide bonds. The molecular weight excluding hydrogens is 222 g/mol. The van der Waals surface area contributed by atoms with Crippen molar-refractivity contribution in [3.8, 4) is 0 Å². The van der Waals surface area contributed by atoms with Crippen LogP contribution in [0, 0.1) is 10.7 Å². The zero-order valence-corrected chi connectivity index (χ0v) is 11.1. The van der Waals surface area contributed by atoms with Crippen LogP contribution in [0.1, 0.15) is 6.92 Å². The Hall–Kier alpha value is -0.880. The Kier molecular flexibility index (Phi) is 3.03. The highest BCUT2D eigenvalue weighted by molar-refractivity contribution is 7.71. The summed E-state index contributed by atoms with van der Waals surface area (Å²) in [7, 11) is 6.22. The second kappa shape index (κ2) is 4.18. The zero-order chi connectivity index (χ0) is 11.9. The van der Waals surface area contributed by atoms with Crippen LogP contribution in [0.4, 0.5) is 5.95 Å². The number of anilines is 1. The molecule has 0 aromatic carbocycles. The van der Waals surface area contributed by atoms with E-state index in [0.717, 1.165) is 19.0 Å². The minimum Gasteiger partial charge on any atom is -0.339 e. The van der Waals surface area contributed by atoms with Crippen LogP contribution in [0.3, 0.4) is 0 Å². The molecule has 16 heavy (non-hydrogen) atoms. The molecule has 1 N–H and O–H groups in total. The smallest absolute Gasteiger partial charge is 0.225 e. The van der Waals surface area contributed by atoms with E-state index in [1.807, 2.05) is 11.6 Å². The maximum absolute atomic E-state index is 5.13. The normalized spacial score (nSPS) is 25.7. The summed E-state index contributed by atoms with van der Waals surface area (Å²) >= 11 is 5.13. The summed E-state index contributed by atoms with van der Waals surface area (Å²) in [5, 5.41) is 7.11. The van der Waals surface area contributed by atoms with Gasteiger partial charge in [-0.05, 0) is 32.2 Å². The molecule has 0 spiro atoms. The van der Waals surface area contributed by atoms with Crippen LogP contribution in [-0.4, -0.2) is 52.9 Å². The number of aromatic amines is 1. The highest BCUT2D eigenvalue weighted by Gasteiger charge is 2.32. The van der Waals surface area contributed by atoms with Crippen LogP contribution < -0.4 is 4.90 Å². The van der Waals surface area contributed by atoms with Gasteiger partial charge < -0.3 is 9.80 Å². The molecule has 1 aliphatic heterocycles. The van der Waals surface area contributed by atoms with Gasteiger partial charge in [-0.2, -0.15) is 0 Å². The standard InChI is InChI=1S/C10H19N5S/c1-7-5-15(6-8(7)13(2)3)9-11-12-10(16)14(9)4/h7-8H,5-6H2,1-4H3,(H,12,16). The van der Waals surface area contributed by atoms with E-state index >= 15 is 0 Å². The summed E-state index contributed by atoms with van der Waals surface area (Å²) in [5.74, 6) is 1.60. The monoisotopic (exact) mass is 241 g/mol. The van der Waals surface area contributed by atoms with Gasteiger partial charge in [0.2, 0.25) is 5.95 Å². The maximum Gasteiger partial charge on any atom is 0.225 e. The van der Waals surface area contributed by atoms with Gasteiger partial charge in [0.1, 0.15) is 0 Å². The number of hydrogen-bond donors (Lipinski definition) is 1. The fraction of sp³-hybridized carbons (Fsp3) is 0.800. The van der Waals surface area contributed by atoms with E-state index in [1.54, 1.807) is 0 Å². The summed E-state index contributed by atoms with van der Waals surface area (Å²) in [4.78, 5) is 4.58. The third-order valence-electron chi connectivity index (χ3n) is 3.37. The lowest BCUT2D eigenvalue weighted by molar-refractivity contribution is 0.266. The summed E-state index contributed by atoms with van der Waals surface area (Å²) in [6, 6.07) is 0.588. The van der Waals surface area contributed by atoms with Crippen molar-refractivity contribution in [2.24, 2.45) is 13.0 Å². The largest absolute Gasteiger partial charge is 0.339 e. The lowest BCUT2D eigenvalue weighted by atomic mass is 10.1. The predicted molar refractivity (Wildman–Crippen MR) is 67.2 cm³/mol. The SMILES string of the molecule is CC1CN(c2n[nH]c(=S)n2C)CC1N(C)C. The summed E-state index contributed by atoms with van der Waals surface area (Å²) in [6.07, 6.45) is 0. The number of nitrogens with zero attached hydrogens (tertiary/aromatic N) is 4. The quantitative estimate of drug-likeness (QED) is 0.780. The summed E-state index contributed by atoms with van der Waals surface area (Å²) in [5.41, 5.74) is 0. The third kappa shape index (κ3) is 1.87. The lowest BCUT2D eigenvalue weighted by Gasteiger charge is -2.22. The number of rotatable bonds is 2. The molecule has 2 heterocycles. The van der Waals surface area contributed by atoms with Gasteiger partial charge in [0.05, 0.1) is 0 Å². The molecule has 1 aromatic heterocycles. The van der Waals surface area contributed by atoms with E-state index in [0.29, 0.717) is 16.7 Å². The molecule has 0 bridgehead atoms. The van der Waals surface area contributed by atoms with Gasteiger partial charge in [-0.25, -0.2) is 5.10 Å². The summed E-state index contributed by atoms with van der Waals surface area (Å²) < 4.78 is 2.61. The first kappa shape index (κ1) is 11.6. The number of nitrogens with one attached hydrogen (secondary N) is 1. The number of aromatic nitrogens is 3. The van der Waals surface area contributed by atoms with Gasteiger partial charge in [-0.3, -0.25) is 4.57 Å². The molecule has 6 heteroatoms. The first-order chi connectivity index (χ1) is 7.50. The Morgan fingerprint density at radius 3 is 2.56 bits per heavy atom. The Labute approximate surface area is 101 Å². The number of likely N-dealkylation sites (N-methyl/N-ethyl adjacent to an activating group) is 1. The molecule has 5 nitrogen and oxygen atoms in total. The maximum atomic E-state index is 5.13. The van der Waals surface area contributed by atoms with E-state index in [1.165, 1.54) is 0 Å². The van der Waals surface area contributed by atoms with Crippen molar-refractivity contribution in [2.75, 3.05) is 32.1 Å². The molecule has 2 rings (SSSR count). The average molecular weight is 241 g/mol. The van der Waals surface area contributed by atoms with Gasteiger partial charge in [0.15, 0.2) is 4.77 Å². The Balaban J connectivity index is 2.20. The fourth-order valence-electron chi connectivity index (χ4n) is 2.41. The van der Waals surface area contributed by atoms with E-state index in [9.17, 15) is 0 Å². The second-order valence-electron chi connectivity index (χ2n) is 4.80. The molecule has 2 atom stereocenters. The van der Waals surface area contributed by atoms with Crippen molar-refractivity contribution in [3.05, 3.63) is 4.77 Å². The molecule has 0 saturated carbocycles. The van der Waals surface area contributed by atoms with Crippen molar-refractivity contribution in [1.29, 1.82) is 0 Å². The highest BCUT2D eigenvalue weighted by Crippen LogP contribution is 2.24. The van der Waals surface area contributed by atoms with Crippen molar-refractivity contribution >= 4 is 18.2 Å². The van der Waals surface area contributed by atoms with Gasteiger partial charge in [0, 0.05) is 26.2 Å².